The second kappa shape index (κ2) is 5.40. The van der Waals surface area contributed by atoms with Crippen LogP contribution in [0.5, 0.6) is 0 Å². The van der Waals surface area contributed by atoms with Crippen molar-refractivity contribution in [2.45, 2.75) is 19.8 Å². The maximum atomic E-state index is 12.1. The third-order valence-electron chi connectivity index (χ3n) is 3.18. The number of carbonyl (C=O) groups excluding carboxylic acids is 1. The molecule has 3 aromatic heterocycles. The Kier molecular flexibility index (Phi) is 3.43. The van der Waals surface area contributed by atoms with Gasteiger partial charge in [-0.2, -0.15) is 0 Å². The summed E-state index contributed by atoms with van der Waals surface area (Å²) in [5.41, 5.74) is 1.92. The van der Waals surface area contributed by atoms with E-state index in [2.05, 4.69) is 10.1 Å². The fourth-order valence-corrected chi connectivity index (χ4v) is 2.24. The van der Waals surface area contributed by atoms with Gasteiger partial charge in [0.2, 0.25) is 0 Å². The Morgan fingerprint density at radius 3 is 2.95 bits per heavy atom. The molecule has 0 amide bonds. The van der Waals surface area contributed by atoms with E-state index >= 15 is 0 Å². The van der Waals surface area contributed by atoms with Crippen LogP contribution in [0.25, 0.3) is 22.6 Å². The number of rotatable bonds is 4. The van der Waals surface area contributed by atoms with E-state index in [9.17, 15) is 4.79 Å². The summed E-state index contributed by atoms with van der Waals surface area (Å²) < 4.78 is 15.4. The smallest absolute Gasteiger partial charge is 0.338 e. The predicted octanol–water partition coefficient (Wildman–Crippen LogP) is 3.22. The molecule has 0 N–H and O–H groups in total. The molecule has 21 heavy (non-hydrogen) atoms. The Balaban J connectivity index is 2.25. The molecule has 0 aromatic carbocycles. The van der Waals surface area contributed by atoms with Crippen LogP contribution in [0.4, 0.5) is 0 Å². The SMILES string of the molecule is CCCc1noc2nc(-c3ccco3)cc(C(=O)OC)c12. The molecule has 0 unspecified atom stereocenters. The van der Waals surface area contributed by atoms with Gasteiger partial charge < -0.3 is 13.7 Å². The largest absolute Gasteiger partial charge is 0.465 e. The van der Waals surface area contributed by atoms with Crippen molar-refractivity contribution in [3.05, 3.63) is 35.7 Å². The maximum Gasteiger partial charge on any atom is 0.338 e. The molecule has 0 aliphatic heterocycles. The first-order valence-electron chi connectivity index (χ1n) is 6.66. The summed E-state index contributed by atoms with van der Waals surface area (Å²) in [6.07, 6.45) is 3.14. The highest BCUT2D eigenvalue weighted by atomic mass is 16.5. The highest BCUT2D eigenvalue weighted by molar-refractivity contribution is 6.04. The van der Waals surface area contributed by atoms with Crippen LogP contribution in [0.15, 0.2) is 33.4 Å². The minimum atomic E-state index is -0.448. The van der Waals surface area contributed by atoms with Crippen molar-refractivity contribution in [1.29, 1.82) is 0 Å². The molecular formula is C15H14N2O4. The average molecular weight is 286 g/mol. The third-order valence-corrected chi connectivity index (χ3v) is 3.18. The topological polar surface area (TPSA) is 78.4 Å². The van der Waals surface area contributed by atoms with Gasteiger partial charge in [0.05, 0.1) is 30.0 Å². The van der Waals surface area contributed by atoms with Crippen molar-refractivity contribution in [3.8, 4) is 11.5 Å². The molecule has 0 saturated heterocycles. The molecule has 0 radical (unpaired) electrons. The number of furan rings is 1. The number of esters is 1. The number of ether oxygens (including phenoxy) is 1. The number of aryl methyl sites for hydroxylation is 1. The van der Waals surface area contributed by atoms with Crippen LogP contribution in [-0.2, 0) is 11.2 Å². The fourth-order valence-electron chi connectivity index (χ4n) is 2.24. The molecule has 3 heterocycles. The van der Waals surface area contributed by atoms with Gasteiger partial charge in [-0.15, -0.1) is 0 Å². The molecule has 0 spiro atoms. The second-order valence-electron chi connectivity index (χ2n) is 4.58. The highest BCUT2D eigenvalue weighted by Gasteiger charge is 2.21. The highest BCUT2D eigenvalue weighted by Crippen LogP contribution is 2.28. The van der Waals surface area contributed by atoms with Gasteiger partial charge in [-0.1, -0.05) is 18.5 Å². The van der Waals surface area contributed by atoms with Crippen molar-refractivity contribution >= 4 is 17.1 Å². The van der Waals surface area contributed by atoms with E-state index in [1.807, 2.05) is 6.92 Å². The zero-order chi connectivity index (χ0) is 14.8. The van der Waals surface area contributed by atoms with Crippen molar-refractivity contribution < 1.29 is 18.5 Å². The summed E-state index contributed by atoms with van der Waals surface area (Å²) in [4.78, 5) is 16.4. The quantitative estimate of drug-likeness (QED) is 0.685. The monoisotopic (exact) mass is 286 g/mol. The lowest BCUT2D eigenvalue weighted by atomic mass is 10.1. The first-order chi connectivity index (χ1) is 10.2. The molecule has 0 saturated carbocycles. The number of pyridine rings is 1. The van der Waals surface area contributed by atoms with Gasteiger partial charge in [0.1, 0.15) is 5.69 Å². The van der Waals surface area contributed by atoms with Crippen molar-refractivity contribution in [1.82, 2.24) is 10.1 Å². The second-order valence-corrected chi connectivity index (χ2v) is 4.58. The van der Waals surface area contributed by atoms with Gasteiger partial charge in [0, 0.05) is 0 Å². The van der Waals surface area contributed by atoms with E-state index in [-0.39, 0.29) is 0 Å². The lowest BCUT2D eigenvalue weighted by molar-refractivity contribution is 0.0603. The molecule has 0 aliphatic carbocycles. The average Bonchev–Trinajstić information content (AvgIpc) is 3.16. The van der Waals surface area contributed by atoms with Crippen molar-refractivity contribution in [2.24, 2.45) is 0 Å². The number of hydrogen-bond acceptors (Lipinski definition) is 6. The number of fused-ring (bicyclic) bond motifs is 1. The van der Waals surface area contributed by atoms with Crippen LogP contribution in [0.3, 0.4) is 0 Å². The van der Waals surface area contributed by atoms with Crippen molar-refractivity contribution in [3.63, 3.8) is 0 Å². The molecule has 0 bridgehead atoms. The van der Waals surface area contributed by atoms with E-state index in [0.717, 1.165) is 6.42 Å². The van der Waals surface area contributed by atoms with E-state index in [1.165, 1.54) is 7.11 Å². The molecular weight excluding hydrogens is 272 g/mol. The zero-order valence-corrected chi connectivity index (χ0v) is 11.8. The van der Waals surface area contributed by atoms with Gasteiger partial charge in [-0.05, 0) is 24.6 Å². The van der Waals surface area contributed by atoms with E-state index in [0.29, 0.717) is 40.2 Å². The first kappa shape index (κ1) is 13.4. The zero-order valence-electron chi connectivity index (χ0n) is 11.8. The number of nitrogens with zero attached hydrogens (tertiary/aromatic N) is 2. The summed E-state index contributed by atoms with van der Waals surface area (Å²) >= 11 is 0. The minimum absolute atomic E-state index is 0.313. The molecule has 6 nitrogen and oxygen atoms in total. The molecule has 108 valence electrons. The van der Waals surface area contributed by atoms with Crippen LogP contribution in [0.2, 0.25) is 0 Å². The Morgan fingerprint density at radius 2 is 2.29 bits per heavy atom. The Labute approximate surface area is 120 Å². The molecule has 6 heteroatoms. The normalized spacial score (nSPS) is 11.0. The standard InChI is InChI=1S/C15H14N2O4/c1-3-5-10-13-9(15(18)19-2)8-11(12-6-4-7-20-12)16-14(13)21-17-10/h4,6-8H,3,5H2,1-2H3. The van der Waals surface area contributed by atoms with E-state index in [1.54, 1.807) is 24.5 Å². The van der Waals surface area contributed by atoms with Crippen molar-refractivity contribution in [2.75, 3.05) is 7.11 Å². The van der Waals surface area contributed by atoms with Gasteiger partial charge in [-0.3, -0.25) is 0 Å². The molecule has 0 fully saturated rings. The number of hydrogen-bond donors (Lipinski definition) is 0. The Bertz CT molecular complexity index is 774. The van der Waals surface area contributed by atoms with Gasteiger partial charge >= 0.3 is 5.97 Å². The number of aromatic nitrogens is 2. The minimum Gasteiger partial charge on any atom is -0.465 e. The van der Waals surface area contributed by atoms with Crippen LogP contribution in [0, 0.1) is 0 Å². The van der Waals surface area contributed by atoms with Crippen LogP contribution < -0.4 is 0 Å². The number of carbonyl (C=O) groups is 1. The van der Waals surface area contributed by atoms with E-state index in [4.69, 9.17) is 13.7 Å². The lowest BCUT2D eigenvalue weighted by Gasteiger charge is -2.04. The molecule has 0 aliphatic rings. The van der Waals surface area contributed by atoms with Crippen LogP contribution >= 0.6 is 0 Å². The molecule has 3 rings (SSSR count). The fraction of sp³-hybridized carbons (Fsp3) is 0.267. The van der Waals surface area contributed by atoms with Crippen LogP contribution in [0.1, 0.15) is 29.4 Å². The first-order valence-corrected chi connectivity index (χ1v) is 6.66. The Hall–Kier alpha value is -2.63. The summed E-state index contributed by atoms with van der Waals surface area (Å²) in [6, 6.07) is 5.16. The summed E-state index contributed by atoms with van der Waals surface area (Å²) in [6.45, 7) is 2.03. The summed E-state index contributed by atoms with van der Waals surface area (Å²) in [7, 11) is 1.34. The molecule has 3 aromatic rings. The maximum absolute atomic E-state index is 12.1. The Morgan fingerprint density at radius 1 is 1.43 bits per heavy atom. The van der Waals surface area contributed by atoms with Crippen LogP contribution in [-0.4, -0.2) is 23.2 Å². The predicted molar refractivity (Wildman–Crippen MR) is 74.8 cm³/mol. The molecule has 0 atom stereocenters. The third kappa shape index (κ3) is 2.29. The van der Waals surface area contributed by atoms with E-state index < -0.39 is 5.97 Å². The van der Waals surface area contributed by atoms with Gasteiger partial charge in [-0.25, -0.2) is 9.78 Å². The van der Waals surface area contributed by atoms with Gasteiger partial charge in [0.25, 0.3) is 5.71 Å². The summed E-state index contributed by atoms with van der Waals surface area (Å²) in [5.74, 6) is 0.103. The summed E-state index contributed by atoms with van der Waals surface area (Å²) in [5, 5.41) is 4.62. The van der Waals surface area contributed by atoms with Gasteiger partial charge in [0.15, 0.2) is 5.76 Å². The number of methoxy groups -OCH3 is 1. The lowest BCUT2D eigenvalue weighted by Crippen LogP contribution is -2.04.